The van der Waals surface area contributed by atoms with Gasteiger partial charge in [-0.3, -0.25) is 0 Å². The summed E-state index contributed by atoms with van der Waals surface area (Å²) in [6.45, 7) is 0.253. The van der Waals surface area contributed by atoms with Crippen LogP contribution in [0, 0.1) is 5.82 Å². The van der Waals surface area contributed by atoms with Crippen molar-refractivity contribution in [3.63, 3.8) is 0 Å². The summed E-state index contributed by atoms with van der Waals surface area (Å²) < 4.78 is 12.9. The number of nitrogens with two attached hydrogens (primary N) is 2. The molecule has 2 unspecified atom stereocenters. The molecule has 84 valence electrons. The van der Waals surface area contributed by atoms with E-state index in [0.29, 0.717) is 0 Å². The molecule has 0 amide bonds. The number of halogens is 1. The minimum absolute atomic E-state index is 0.212. The monoisotopic (exact) mass is 214 g/mol. The smallest absolute Gasteiger partial charge is 0.125 e. The van der Waals surface area contributed by atoms with Crippen molar-refractivity contribution >= 4 is 5.69 Å². The quantitative estimate of drug-likeness (QED) is 0.537. The van der Waals surface area contributed by atoms with Gasteiger partial charge in [0.15, 0.2) is 0 Å². The van der Waals surface area contributed by atoms with Crippen LogP contribution in [0.15, 0.2) is 18.2 Å². The van der Waals surface area contributed by atoms with Gasteiger partial charge in [-0.05, 0) is 36.7 Å². The normalized spacial score (nSPS) is 14.9. The van der Waals surface area contributed by atoms with Crippen LogP contribution in [0.1, 0.15) is 18.1 Å². The van der Waals surface area contributed by atoms with E-state index in [1.807, 2.05) is 0 Å². The van der Waals surface area contributed by atoms with E-state index in [9.17, 15) is 14.6 Å². The molecule has 1 aromatic carbocycles. The van der Waals surface area contributed by atoms with E-state index in [0.717, 1.165) is 12.1 Å². The number of hydrogen-bond donors (Lipinski definition) is 4. The molecule has 5 heteroatoms. The highest BCUT2D eigenvalue weighted by Crippen LogP contribution is 2.22. The van der Waals surface area contributed by atoms with Gasteiger partial charge in [0.2, 0.25) is 0 Å². The Labute approximate surface area is 87.3 Å². The van der Waals surface area contributed by atoms with Gasteiger partial charge in [-0.25, -0.2) is 4.39 Å². The van der Waals surface area contributed by atoms with Gasteiger partial charge in [0.25, 0.3) is 0 Å². The molecule has 0 aliphatic carbocycles. The number of benzene rings is 1. The van der Waals surface area contributed by atoms with Crippen molar-refractivity contribution in [1.29, 1.82) is 0 Å². The van der Waals surface area contributed by atoms with Gasteiger partial charge in [-0.1, -0.05) is 0 Å². The Kier molecular flexibility index (Phi) is 4.02. The molecule has 0 aliphatic rings. The second-order valence-electron chi connectivity index (χ2n) is 3.41. The zero-order chi connectivity index (χ0) is 11.4. The second-order valence-corrected chi connectivity index (χ2v) is 3.41. The van der Waals surface area contributed by atoms with E-state index < -0.39 is 18.0 Å². The van der Waals surface area contributed by atoms with Gasteiger partial charge in [-0.2, -0.15) is 0 Å². The molecule has 0 fully saturated rings. The molecule has 15 heavy (non-hydrogen) atoms. The first-order chi connectivity index (χ1) is 7.04. The number of hydrogen-bond acceptors (Lipinski definition) is 4. The summed E-state index contributed by atoms with van der Waals surface area (Å²) in [5.41, 5.74) is 11.1. The lowest BCUT2D eigenvalue weighted by atomic mass is 10.0. The molecule has 0 heterocycles. The van der Waals surface area contributed by atoms with Crippen LogP contribution in [-0.2, 0) is 0 Å². The first-order valence-corrected chi connectivity index (χ1v) is 4.66. The van der Waals surface area contributed by atoms with Gasteiger partial charge in [0, 0.05) is 5.69 Å². The molecule has 0 aliphatic heterocycles. The van der Waals surface area contributed by atoms with Crippen LogP contribution in [0.3, 0.4) is 0 Å². The average Bonchev–Trinajstić information content (AvgIpc) is 2.15. The van der Waals surface area contributed by atoms with Crippen LogP contribution in [0.5, 0.6) is 0 Å². The fourth-order valence-corrected chi connectivity index (χ4v) is 1.36. The summed E-state index contributed by atoms with van der Waals surface area (Å²) in [7, 11) is 0. The maximum absolute atomic E-state index is 12.9. The molecule has 0 radical (unpaired) electrons. The van der Waals surface area contributed by atoms with Crippen LogP contribution >= 0.6 is 0 Å². The molecule has 0 saturated heterocycles. The first kappa shape index (κ1) is 11.9. The van der Waals surface area contributed by atoms with E-state index in [1.165, 1.54) is 6.07 Å². The van der Waals surface area contributed by atoms with Gasteiger partial charge in [0.05, 0.1) is 6.10 Å². The Morgan fingerprint density at radius 2 is 1.93 bits per heavy atom. The predicted octanol–water partition coefficient (Wildman–Crippen LogP) is 0.151. The largest absolute Gasteiger partial charge is 0.399 e. The number of aliphatic hydroxyl groups excluding tert-OH is 2. The minimum Gasteiger partial charge on any atom is -0.399 e. The van der Waals surface area contributed by atoms with Gasteiger partial charge in [0.1, 0.15) is 11.9 Å². The highest BCUT2D eigenvalue weighted by Gasteiger charge is 2.18. The molecule has 0 bridgehead atoms. The van der Waals surface area contributed by atoms with Crippen molar-refractivity contribution in [2.75, 3.05) is 12.3 Å². The van der Waals surface area contributed by atoms with Gasteiger partial charge in [-0.15, -0.1) is 0 Å². The van der Waals surface area contributed by atoms with Crippen molar-refractivity contribution in [1.82, 2.24) is 0 Å². The number of anilines is 1. The molecule has 2 atom stereocenters. The highest BCUT2D eigenvalue weighted by atomic mass is 19.1. The Balaban J connectivity index is 2.85. The van der Waals surface area contributed by atoms with E-state index in [4.69, 9.17) is 11.5 Å². The standard InChI is InChI=1S/C10H15FN2O2/c11-7-3-6(4-8(13)5-7)10(15)9(14)1-2-12/h3-5,9-10,14-15H,1-2,12-13H2. The number of nitrogen functional groups attached to an aromatic ring is 1. The van der Waals surface area contributed by atoms with Crippen LogP contribution < -0.4 is 11.5 Å². The molecular weight excluding hydrogens is 199 g/mol. The Morgan fingerprint density at radius 1 is 1.27 bits per heavy atom. The topological polar surface area (TPSA) is 92.5 Å². The molecule has 0 spiro atoms. The lowest BCUT2D eigenvalue weighted by molar-refractivity contribution is 0.0149. The van der Waals surface area contributed by atoms with E-state index in [1.54, 1.807) is 0 Å². The van der Waals surface area contributed by atoms with E-state index in [2.05, 4.69) is 0 Å². The zero-order valence-corrected chi connectivity index (χ0v) is 8.23. The fraction of sp³-hybridized carbons (Fsp3) is 0.400. The maximum atomic E-state index is 12.9. The molecule has 6 N–H and O–H groups in total. The zero-order valence-electron chi connectivity index (χ0n) is 8.23. The van der Waals surface area contributed by atoms with Crippen LogP contribution in [-0.4, -0.2) is 22.9 Å². The molecule has 4 nitrogen and oxygen atoms in total. The highest BCUT2D eigenvalue weighted by molar-refractivity contribution is 5.42. The third kappa shape index (κ3) is 3.16. The lowest BCUT2D eigenvalue weighted by Crippen LogP contribution is -2.22. The predicted molar refractivity (Wildman–Crippen MR) is 55.5 cm³/mol. The van der Waals surface area contributed by atoms with E-state index in [-0.39, 0.29) is 24.2 Å². The Bertz CT molecular complexity index is 313. The molecule has 0 aromatic heterocycles. The SMILES string of the molecule is NCCC(O)C(O)c1cc(N)cc(F)c1. The average molecular weight is 214 g/mol. The third-order valence-corrected chi connectivity index (χ3v) is 2.11. The minimum atomic E-state index is -1.16. The van der Waals surface area contributed by atoms with E-state index >= 15 is 0 Å². The fourth-order valence-electron chi connectivity index (χ4n) is 1.36. The third-order valence-electron chi connectivity index (χ3n) is 2.11. The first-order valence-electron chi connectivity index (χ1n) is 4.66. The molecule has 0 saturated carbocycles. The van der Waals surface area contributed by atoms with Crippen LogP contribution in [0.25, 0.3) is 0 Å². The summed E-state index contributed by atoms with van der Waals surface area (Å²) in [6.07, 6.45) is -1.92. The van der Waals surface area contributed by atoms with Crippen molar-refractivity contribution in [2.45, 2.75) is 18.6 Å². The maximum Gasteiger partial charge on any atom is 0.125 e. The van der Waals surface area contributed by atoms with Crippen molar-refractivity contribution in [3.8, 4) is 0 Å². The molecule has 1 aromatic rings. The molecule has 1 rings (SSSR count). The summed E-state index contributed by atoms with van der Waals surface area (Å²) in [4.78, 5) is 0. The number of rotatable bonds is 4. The van der Waals surface area contributed by atoms with Crippen LogP contribution in [0.2, 0.25) is 0 Å². The summed E-state index contributed by atoms with van der Waals surface area (Å²) in [5, 5.41) is 19.1. The summed E-state index contributed by atoms with van der Waals surface area (Å²) in [6, 6.07) is 3.71. The second kappa shape index (κ2) is 5.06. The van der Waals surface area contributed by atoms with Gasteiger partial charge >= 0.3 is 0 Å². The van der Waals surface area contributed by atoms with Gasteiger partial charge < -0.3 is 21.7 Å². The summed E-state index contributed by atoms with van der Waals surface area (Å²) >= 11 is 0. The van der Waals surface area contributed by atoms with Crippen molar-refractivity contribution in [2.24, 2.45) is 5.73 Å². The number of aliphatic hydroxyl groups is 2. The van der Waals surface area contributed by atoms with Crippen molar-refractivity contribution in [3.05, 3.63) is 29.6 Å². The van der Waals surface area contributed by atoms with Crippen LogP contribution in [0.4, 0.5) is 10.1 Å². The molecular formula is C10H15FN2O2. The Morgan fingerprint density at radius 3 is 2.47 bits per heavy atom. The van der Waals surface area contributed by atoms with Crippen molar-refractivity contribution < 1.29 is 14.6 Å². The summed E-state index contributed by atoms with van der Waals surface area (Å²) in [5.74, 6) is -0.538. The Hall–Kier alpha value is -1.17. The lowest BCUT2D eigenvalue weighted by Gasteiger charge is -2.17.